The molecule has 1 amide bonds. The number of anilines is 1. The average molecular weight is 483 g/mol. The predicted octanol–water partition coefficient (Wildman–Crippen LogP) is 5.38. The van der Waals surface area contributed by atoms with Crippen LogP contribution in [0.5, 0.6) is 0 Å². The Kier molecular flexibility index (Phi) is 8.21. The second-order valence-electron chi connectivity index (χ2n) is 8.20. The van der Waals surface area contributed by atoms with Gasteiger partial charge in [0.2, 0.25) is 0 Å². The highest BCUT2D eigenvalue weighted by atomic mass is 32.2. The molecule has 0 atom stereocenters. The summed E-state index contributed by atoms with van der Waals surface area (Å²) in [4.78, 5) is 12.7. The van der Waals surface area contributed by atoms with Crippen LogP contribution < -0.4 is 10.0 Å². The van der Waals surface area contributed by atoms with Crippen LogP contribution in [0.2, 0.25) is 0 Å². The van der Waals surface area contributed by atoms with Crippen molar-refractivity contribution >= 4 is 33.4 Å². The van der Waals surface area contributed by atoms with E-state index in [9.17, 15) is 13.2 Å². The Labute approximate surface area is 201 Å². The monoisotopic (exact) mass is 482 g/mol. The molecule has 3 rings (SSSR count). The number of thioether (sulfide) groups is 1. The number of hydrogen-bond acceptors (Lipinski definition) is 4. The topological polar surface area (TPSA) is 75.3 Å². The van der Waals surface area contributed by atoms with Crippen molar-refractivity contribution in [1.82, 2.24) is 5.32 Å². The maximum atomic E-state index is 13.0. The number of rotatable bonds is 9. The smallest absolute Gasteiger partial charge is 0.262 e. The fourth-order valence-electron chi connectivity index (χ4n) is 3.37. The van der Waals surface area contributed by atoms with E-state index in [2.05, 4.69) is 41.2 Å². The van der Waals surface area contributed by atoms with Crippen molar-refractivity contribution < 1.29 is 13.2 Å². The standard InChI is InChI=1S/C26H30N2O3S2/c1-18-5-9-22(10-6-18)17-32-14-13-27-26(29)23-11-8-20(3)25(16-23)33(30,31)28-24-12-7-19(2)15-21(24)4/h5-12,15-16,28H,13-14,17H2,1-4H3,(H,27,29). The summed E-state index contributed by atoms with van der Waals surface area (Å²) in [6, 6.07) is 18.7. The first kappa shape index (κ1) is 24.9. The van der Waals surface area contributed by atoms with Gasteiger partial charge >= 0.3 is 0 Å². The third-order valence-electron chi connectivity index (χ3n) is 5.29. The molecular formula is C26H30N2O3S2. The number of sulfonamides is 1. The van der Waals surface area contributed by atoms with Crippen LogP contribution in [0.4, 0.5) is 5.69 Å². The number of carbonyl (C=O) groups excluding carboxylic acids is 1. The van der Waals surface area contributed by atoms with Crippen molar-refractivity contribution in [2.75, 3.05) is 17.0 Å². The molecule has 3 aromatic carbocycles. The average Bonchev–Trinajstić information content (AvgIpc) is 2.77. The van der Waals surface area contributed by atoms with Crippen LogP contribution in [-0.4, -0.2) is 26.6 Å². The van der Waals surface area contributed by atoms with Crippen LogP contribution in [0, 0.1) is 27.7 Å². The second kappa shape index (κ2) is 10.9. The predicted molar refractivity (Wildman–Crippen MR) is 138 cm³/mol. The molecule has 0 saturated carbocycles. The van der Waals surface area contributed by atoms with Gasteiger partial charge in [0, 0.05) is 23.6 Å². The van der Waals surface area contributed by atoms with Crippen molar-refractivity contribution in [2.45, 2.75) is 38.3 Å². The molecule has 0 aliphatic carbocycles. The molecule has 33 heavy (non-hydrogen) atoms. The maximum absolute atomic E-state index is 13.0. The molecule has 0 heterocycles. The highest BCUT2D eigenvalue weighted by Crippen LogP contribution is 2.23. The van der Waals surface area contributed by atoms with Crippen LogP contribution in [0.25, 0.3) is 0 Å². The Bertz CT molecular complexity index is 1240. The molecule has 0 fully saturated rings. The van der Waals surface area contributed by atoms with Crippen molar-refractivity contribution in [3.8, 4) is 0 Å². The molecule has 174 valence electrons. The Morgan fingerprint density at radius 3 is 2.24 bits per heavy atom. The lowest BCUT2D eigenvalue weighted by Gasteiger charge is -2.14. The quantitative estimate of drug-likeness (QED) is 0.401. The zero-order valence-corrected chi connectivity index (χ0v) is 21.1. The van der Waals surface area contributed by atoms with Crippen LogP contribution in [-0.2, 0) is 15.8 Å². The summed E-state index contributed by atoms with van der Waals surface area (Å²) in [5.74, 6) is 1.37. The Hall–Kier alpha value is -2.77. The SMILES string of the molecule is Cc1ccc(CSCCNC(=O)c2ccc(C)c(S(=O)(=O)Nc3ccc(C)cc3C)c2)cc1. The van der Waals surface area contributed by atoms with E-state index in [0.717, 1.165) is 22.6 Å². The highest BCUT2D eigenvalue weighted by Gasteiger charge is 2.20. The van der Waals surface area contributed by atoms with E-state index in [1.165, 1.54) is 17.2 Å². The summed E-state index contributed by atoms with van der Waals surface area (Å²) in [5, 5.41) is 2.88. The Morgan fingerprint density at radius 2 is 1.55 bits per heavy atom. The first-order valence-corrected chi connectivity index (χ1v) is 13.4. The first-order chi connectivity index (χ1) is 15.7. The van der Waals surface area contributed by atoms with Gasteiger partial charge in [0.1, 0.15) is 0 Å². The Morgan fingerprint density at radius 1 is 0.848 bits per heavy atom. The van der Waals surface area contributed by atoms with Gasteiger partial charge in [-0.25, -0.2) is 8.42 Å². The first-order valence-electron chi connectivity index (χ1n) is 10.8. The van der Waals surface area contributed by atoms with E-state index in [1.54, 1.807) is 36.9 Å². The molecule has 0 saturated heterocycles. The van der Waals surface area contributed by atoms with Gasteiger partial charge in [-0.2, -0.15) is 11.8 Å². The van der Waals surface area contributed by atoms with E-state index in [0.29, 0.717) is 23.4 Å². The number of amides is 1. The molecule has 0 aliphatic heterocycles. The van der Waals surface area contributed by atoms with Gasteiger partial charge in [0.15, 0.2) is 0 Å². The minimum absolute atomic E-state index is 0.101. The summed E-state index contributed by atoms with van der Waals surface area (Å²) >= 11 is 1.74. The number of aryl methyl sites for hydroxylation is 4. The number of nitrogens with one attached hydrogen (secondary N) is 2. The van der Waals surface area contributed by atoms with Gasteiger partial charge in [0.05, 0.1) is 10.6 Å². The molecule has 0 aromatic heterocycles. The summed E-state index contributed by atoms with van der Waals surface area (Å²) in [5.41, 5.74) is 5.82. The molecule has 0 spiro atoms. The highest BCUT2D eigenvalue weighted by molar-refractivity contribution is 7.98. The normalized spacial score (nSPS) is 11.3. The van der Waals surface area contributed by atoms with Gasteiger partial charge < -0.3 is 5.32 Å². The van der Waals surface area contributed by atoms with E-state index in [1.807, 2.05) is 26.0 Å². The van der Waals surface area contributed by atoms with Crippen LogP contribution in [0.1, 0.15) is 38.2 Å². The molecule has 0 aliphatic rings. The number of hydrogen-bond donors (Lipinski definition) is 2. The van der Waals surface area contributed by atoms with Gasteiger partial charge in [-0.15, -0.1) is 0 Å². The third-order valence-corrected chi connectivity index (χ3v) is 7.83. The number of benzene rings is 3. The lowest BCUT2D eigenvalue weighted by molar-refractivity contribution is 0.0956. The lowest BCUT2D eigenvalue weighted by atomic mass is 10.1. The molecule has 0 radical (unpaired) electrons. The zero-order valence-electron chi connectivity index (χ0n) is 19.4. The van der Waals surface area contributed by atoms with Crippen molar-refractivity contribution in [2.24, 2.45) is 0 Å². The van der Waals surface area contributed by atoms with E-state index in [-0.39, 0.29) is 10.8 Å². The molecule has 3 aromatic rings. The lowest BCUT2D eigenvalue weighted by Crippen LogP contribution is -2.26. The maximum Gasteiger partial charge on any atom is 0.262 e. The van der Waals surface area contributed by atoms with E-state index in [4.69, 9.17) is 0 Å². The second-order valence-corrected chi connectivity index (χ2v) is 11.0. The molecule has 5 nitrogen and oxygen atoms in total. The fourth-order valence-corrected chi connectivity index (χ4v) is 5.59. The third kappa shape index (κ3) is 6.85. The van der Waals surface area contributed by atoms with Crippen molar-refractivity contribution in [3.05, 3.63) is 94.0 Å². The largest absolute Gasteiger partial charge is 0.351 e. The van der Waals surface area contributed by atoms with Gasteiger partial charge in [0.25, 0.3) is 15.9 Å². The summed E-state index contributed by atoms with van der Waals surface area (Å²) in [6.45, 7) is 8.11. The Balaban J connectivity index is 1.61. The van der Waals surface area contributed by atoms with Crippen LogP contribution >= 0.6 is 11.8 Å². The van der Waals surface area contributed by atoms with Crippen molar-refractivity contribution in [3.63, 3.8) is 0 Å². The van der Waals surface area contributed by atoms with E-state index >= 15 is 0 Å². The van der Waals surface area contributed by atoms with Gasteiger partial charge in [-0.1, -0.05) is 53.6 Å². The molecule has 7 heteroatoms. The van der Waals surface area contributed by atoms with Crippen LogP contribution in [0.3, 0.4) is 0 Å². The molecule has 2 N–H and O–H groups in total. The minimum Gasteiger partial charge on any atom is -0.351 e. The van der Waals surface area contributed by atoms with E-state index < -0.39 is 10.0 Å². The minimum atomic E-state index is -3.83. The zero-order chi connectivity index (χ0) is 24.0. The molecular weight excluding hydrogens is 452 g/mol. The van der Waals surface area contributed by atoms with Crippen LogP contribution in [0.15, 0.2) is 65.6 Å². The summed E-state index contributed by atoms with van der Waals surface area (Å²) in [7, 11) is -3.83. The van der Waals surface area contributed by atoms with Gasteiger partial charge in [-0.3, -0.25) is 9.52 Å². The van der Waals surface area contributed by atoms with Crippen molar-refractivity contribution in [1.29, 1.82) is 0 Å². The number of carbonyl (C=O) groups is 1. The summed E-state index contributed by atoms with van der Waals surface area (Å²) < 4.78 is 28.7. The molecule has 0 bridgehead atoms. The summed E-state index contributed by atoms with van der Waals surface area (Å²) in [6.07, 6.45) is 0. The van der Waals surface area contributed by atoms with Gasteiger partial charge in [-0.05, 0) is 62.6 Å². The fraction of sp³-hybridized carbons (Fsp3) is 0.269. The molecule has 0 unspecified atom stereocenters.